The number of hydrogen-bond donors (Lipinski definition) is 2. The molecular weight excluding hydrogens is 366 g/mol. The van der Waals surface area contributed by atoms with Crippen LogP contribution in [0.1, 0.15) is 5.56 Å². The van der Waals surface area contributed by atoms with Gasteiger partial charge in [0.05, 0.1) is 17.5 Å². The molecule has 0 aliphatic heterocycles. The molecule has 9 heteroatoms. The van der Waals surface area contributed by atoms with Crippen molar-refractivity contribution in [3.63, 3.8) is 0 Å². The maximum absolute atomic E-state index is 12.4. The fourth-order valence-electron chi connectivity index (χ4n) is 2.69. The molecule has 0 saturated carbocycles. The summed E-state index contributed by atoms with van der Waals surface area (Å²) in [4.78, 5) is 23.8. The zero-order valence-corrected chi connectivity index (χ0v) is 15.3. The highest BCUT2D eigenvalue weighted by molar-refractivity contribution is 7.97. The number of para-hydroxylation sites is 1. The van der Waals surface area contributed by atoms with Crippen LogP contribution in [0.5, 0.6) is 0 Å². The van der Waals surface area contributed by atoms with Gasteiger partial charge < -0.3 is 5.32 Å². The van der Waals surface area contributed by atoms with E-state index in [0.29, 0.717) is 11.3 Å². The molecule has 0 saturated heterocycles. The predicted octanol–water partition coefficient (Wildman–Crippen LogP) is 3.14. The van der Waals surface area contributed by atoms with E-state index in [4.69, 9.17) is 5.14 Å². The van der Waals surface area contributed by atoms with E-state index in [2.05, 4.69) is 10.4 Å². The third-order valence-corrected chi connectivity index (χ3v) is 4.41. The van der Waals surface area contributed by atoms with Crippen LogP contribution in [-0.4, -0.2) is 20.6 Å². The Balaban J connectivity index is 1.83. The Morgan fingerprint density at radius 3 is 2.74 bits per heavy atom. The van der Waals surface area contributed by atoms with Gasteiger partial charge in [-0.1, -0.05) is 18.2 Å². The van der Waals surface area contributed by atoms with Crippen molar-refractivity contribution in [1.82, 2.24) is 9.78 Å². The summed E-state index contributed by atoms with van der Waals surface area (Å²) in [7, 11) is 1.82. The number of nitrogens with zero attached hydrogens (tertiary/aromatic N) is 3. The molecule has 3 N–H and O–H groups in total. The predicted molar refractivity (Wildman–Crippen MR) is 104 cm³/mol. The Morgan fingerprint density at radius 2 is 2.07 bits per heavy atom. The molecule has 0 fully saturated rings. The topological polar surface area (TPSA) is 116 Å². The Bertz CT molecular complexity index is 1000. The summed E-state index contributed by atoms with van der Waals surface area (Å²) >= 11 is 1.07. The molecule has 0 atom stereocenters. The lowest BCUT2D eigenvalue weighted by Gasteiger charge is -2.09. The second-order valence-corrected chi connectivity index (χ2v) is 6.58. The van der Waals surface area contributed by atoms with E-state index in [0.717, 1.165) is 28.0 Å². The molecule has 27 heavy (non-hydrogen) atoms. The van der Waals surface area contributed by atoms with Gasteiger partial charge in [0, 0.05) is 41.0 Å². The van der Waals surface area contributed by atoms with Gasteiger partial charge in [-0.05, 0) is 35.7 Å². The van der Waals surface area contributed by atoms with Gasteiger partial charge in [0.1, 0.15) is 0 Å². The molecule has 0 spiro atoms. The number of carbonyl (C=O) groups excluding carboxylic acids is 1. The van der Waals surface area contributed by atoms with Crippen molar-refractivity contribution in [2.45, 2.75) is 11.3 Å². The van der Waals surface area contributed by atoms with Gasteiger partial charge >= 0.3 is 0 Å². The van der Waals surface area contributed by atoms with Crippen LogP contribution < -0.4 is 10.5 Å². The van der Waals surface area contributed by atoms with Gasteiger partial charge in [0.2, 0.25) is 5.91 Å². The van der Waals surface area contributed by atoms with Crippen LogP contribution >= 0.6 is 11.9 Å². The summed E-state index contributed by atoms with van der Waals surface area (Å²) in [5.74, 6) is -0.347. The number of carbonyl (C=O) groups is 1. The Kier molecular flexibility index (Phi) is 5.53. The third-order valence-electron chi connectivity index (χ3n) is 3.90. The first-order valence-electron chi connectivity index (χ1n) is 7.99. The number of anilines is 1. The van der Waals surface area contributed by atoms with Gasteiger partial charge in [0.15, 0.2) is 0 Å². The SMILES string of the molecule is Cn1cc(-c2cc(NC(=O)Cc3ccccc3[N+](=O)[O-])cc(SN)c2)cn1. The summed E-state index contributed by atoms with van der Waals surface area (Å²) < 4.78 is 1.68. The highest BCUT2D eigenvalue weighted by Crippen LogP contribution is 2.28. The Morgan fingerprint density at radius 1 is 1.30 bits per heavy atom. The molecule has 8 nitrogen and oxygen atoms in total. The Hall–Kier alpha value is -3.17. The molecule has 1 aromatic heterocycles. The van der Waals surface area contributed by atoms with Crippen molar-refractivity contribution in [3.8, 4) is 11.1 Å². The minimum Gasteiger partial charge on any atom is -0.326 e. The van der Waals surface area contributed by atoms with Gasteiger partial charge in [0.25, 0.3) is 5.69 Å². The minimum atomic E-state index is -0.491. The molecule has 138 valence electrons. The number of rotatable bonds is 6. The monoisotopic (exact) mass is 383 g/mol. The van der Waals surface area contributed by atoms with Crippen LogP contribution in [0.4, 0.5) is 11.4 Å². The van der Waals surface area contributed by atoms with Crippen LogP contribution in [0.15, 0.2) is 59.8 Å². The van der Waals surface area contributed by atoms with E-state index in [-0.39, 0.29) is 18.0 Å². The number of hydrogen-bond acceptors (Lipinski definition) is 6. The van der Waals surface area contributed by atoms with E-state index in [1.165, 1.54) is 6.07 Å². The van der Waals surface area contributed by atoms with Crippen molar-refractivity contribution in [2.24, 2.45) is 12.2 Å². The number of benzene rings is 2. The number of aromatic nitrogens is 2. The molecule has 0 aliphatic carbocycles. The second kappa shape index (κ2) is 8.02. The number of aryl methyl sites for hydroxylation is 1. The zero-order valence-electron chi connectivity index (χ0n) is 14.5. The molecule has 0 aliphatic rings. The number of nitro groups is 1. The number of nitro benzene ring substituents is 1. The molecule has 0 radical (unpaired) electrons. The van der Waals surface area contributed by atoms with Crippen molar-refractivity contribution in [2.75, 3.05) is 5.32 Å². The number of nitrogens with two attached hydrogens (primary N) is 1. The van der Waals surface area contributed by atoms with Gasteiger partial charge in [-0.25, -0.2) is 0 Å². The molecule has 3 aromatic rings. The van der Waals surface area contributed by atoms with Crippen LogP contribution in [0, 0.1) is 10.1 Å². The van der Waals surface area contributed by atoms with Crippen molar-refractivity contribution >= 4 is 29.2 Å². The van der Waals surface area contributed by atoms with E-state index in [1.807, 2.05) is 25.4 Å². The smallest absolute Gasteiger partial charge is 0.273 e. The second-order valence-electron chi connectivity index (χ2n) is 5.88. The zero-order chi connectivity index (χ0) is 19.4. The average Bonchev–Trinajstić information content (AvgIpc) is 3.08. The van der Waals surface area contributed by atoms with E-state index < -0.39 is 4.92 Å². The fraction of sp³-hybridized carbons (Fsp3) is 0.111. The summed E-state index contributed by atoms with van der Waals surface area (Å²) in [5, 5.41) is 23.7. The molecule has 0 bridgehead atoms. The normalized spacial score (nSPS) is 10.6. The minimum absolute atomic E-state index is 0.0741. The van der Waals surface area contributed by atoms with E-state index in [1.54, 1.807) is 35.1 Å². The third kappa shape index (κ3) is 4.52. The molecule has 3 rings (SSSR count). The molecule has 0 unspecified atom stereocenters. The summed E-state index contributed by atoms with van der Waals surface area (Å²) in [6.45, 7) is 0. The van der Waals surface area contributed by atoms with Crippen molar-refractivity contribution < 1.29 is 9.72 Å². The van der Waals surface area contributed by atoms with Crippen molar-refractivity contribution in [1.29, 1.82) is 0 Å². The van der Waals surface area contributed by atoms with E-state index >= 15 is 0 Å². The maximum Gasteiger partial charge on any atom is 0.273 e. The average molecular weight is 383 g/mol. The van der Waals surface area contributed by atoms with E-state index in [9.17, 15) is 14.9 Å². The van der Waals surface area contributed by atoms with Crippen molar-refractivity contribution in [3.05, 3.63) is 70.5 Å². The lowest BCUT2D eigenvalue weighted by atomic mass is 10.1. The highest BCUT2D eigenvalue weighted by Gasteiger charge is 2.16. The van der Waals surface area contributed by atoms with Gasteiger partial charge in [-0.2, -0.15) is 5.10 Å². The largest absolute Gasteiger partial charge is 0.326 e. The lowest BCUT2D eigenvalue weighted by Crippen LogP contribution is -2.15. The summed E-state index contributed by atoms with van der Waals surface area (Å²) in [6, 6.07) is 11.7. The lowest BCUT2D eigenvalue weighted by molar-refractivity contribution is -0.385. The van der Waals surface area contributed by atoms with Gasteiger partial charge in [-0.3, -0.25) is 24.7 Å². The summed E-state index contributed by atoms with van der Waals surface area (Å²) in [6.07, 6.45) is 3.48. The number of amides is 1. The maximum atomic E-state index is 12.4. The number of nitrogens with one attached hydrogen (secondary N) is 1. The standard InChI is InChI=1S/C18H17N5O3S/c1-22-11-14(10-20-22)13-6-15(9-16(7-13)27-19)21-18(24)8-12-4-2-3-5-17(12)23(25)26/h2-7,9-11H,8,19H2,1H3,(H,21,24). The van der Waals surface area contributed by atoms with Crippen LogP contribution in [0.3, 0.4) is 0 Å². The first-order valence-corrected chi connectivity index (χ1v) is 8.87. The first kappa shape index (κ1) is 18.6. The fourth-order valence-corrected chi connectivity index (χ4v) is 3.08. The van der Waals surface area contributed by atoms with Crippen LogP contribution in [0.2, 0.25) is 0 Å². The molecular formula is C18H17N5O3S. The molecule has 2 aromatic carbocycles. The van der Waals surface area contributed by atoms with Gasteiger partial charge in [-0.15, -0.1) is 0 Å². The Labute approximate surface area is 159 Å². The quantitative estimate of drug-likeness (QED) is 0.384. The van der Waals surface area contributed by atoms with Crippen LogP contribution in [-0.2, 0) is 18.3 Å². The first-order chi connectivity index (χ1) is 13.0. The molecule has 1 amide bonds. The summed E-state index contributed by atoms with van der Waals surface area (Å²) in [5.41, 5.74) is 2.60. The molecule has 1 heterocycles. The van der Waals surface area contributed by atoms with Crippen LogP contribution in [0.25, 0.3) is 11.1 Å². The highest BCUT2D eigenvalue weighted by atomic mass is 32.2.